The number of fused-ring (bicyclic) bond motifs is 2. The molecule has 1 spiro atoms. The highest BCUT2D eigenvalue weighted by atomic mass is 127. The van der Waals surface area contributed by atoms with Crippen LogP contribution in [0.3, 0.4) is 0 Å². The normalized spacial score (nSPS) is 20.9. The standard InChI is InChI=1S/C12H14IN.ClH/c13-9-3-4-11-10(7-9)12(8-14-11)5-1-2-6-12;/h3-4,7,14H,1-2,5-6,8H2;1H. The van der Waals surface area contributed by atoms with Crippen molar-refractivity contribution in [2.75, 3.05) is 11.9 Å². The van der Waals surface area contributed by atoms with E-state index >= 15 is 0 Å². The summed E-state index contributed by atoms with van der Waals surface area (Å²) in [5.74, 6) is 0. The summed E-state index contributed by atoms with van der Waals surface area (Å²) >= 11 is 2.42. The number of rotatable bonds is 0. The van der Waals surface area contributed by atoms with Gasteiger partial charge in [-0.05, 0) is 59.2 Å². The summed E-state index contributed by atoms with van der Waals surface area (Å²) in [6, 6.07) is 6.81. The van der Waals surface area contributed by atoms with Gasteiger partial charge in [0.25, 0.3) is 0 Å². The lowest BCUT2D eigenvalue weighted by Crippen LogP contribution is -2.24. The number of hydrogen-bond acceptors (Lipinski definition) is 1. The topological polar surface area (TPSA) is 12.0 Å². The predicted molar refractivity (Wildman–Crippen MR) is 75.0 cm³/mol. The largest absolute Gasteiger partial charge is 0.384 e. The van der Waals surface area contributed by atoms with Crippen LogP contribution in [0.25, 0.3) is 0 Å². The molecule has 1 aliphatic heterocycles. The fraction of sp³-hybridized carbons (Fsp3) is 0.500. The van der Waals surface area contributed by atoms with Crippen LogP contribution in [0.5, 0.6) is 0 Å². The van der Waals surface area contributed by atoms with E-state index in [9.17, 15) is 0 Å². The summed E-state index contributed by atoms with van der Waals surface area (Å²) in [5.41, 5.74) is 3.46. The summed E-state index contributed by atoms with van der Waals surface area (Å²) < 4.78 is 1.37. The van der Waals surface area contributed by atoms with Crippen molar-refractivity contribution in [3.63, 3.8) is 0 Å². The highest BCUT2D eigenvalue weighted by molar-refractivity contribution is 14.1. The van der Waals surface area contributed by atoms with Gasteiger partial charge in [-0.2, -0.15) is 0 Å². The van der Waals surface area contributed by atoms with Crippen molar-refractivity contribution in [2.45, 2.75) is 31.1 Å². The molecule has 1 heterocycles. The molecule has 1 saturated carbocycles. The van der Waals surface area contributed by atoms with Crippen LogP contribution in [0.1, 0.15) is 31.2 Å². The van der Waals surface area contributed by atoms with Gasteiger partial charge in [-0.3, -0.25) is 0 Å². The molecular formula is C12H15ClIN. The Labute approximate surface area is 111 Å². The predicted octanol–water partition coefficient (Wildman–Crippen LogP) is 3.95. The van der Waals surface area contributed by atoms with E-state index < -0.39 is 0 Å². The third kappa shape index (κ3) is 1.76. The first kappa shape index (κ1) is 11.5. The van der Waals surface area contributed by atoms with E-state index in [1.54, 1.807) is 5.56 Å². The van der Waals surface area contributed by atoms with E-state index in [4.69, 9.17) is 0 Å². The summed E-state index contributed by atoms with van der Waals surface area (Å²) in [6.07, 6.45) is 5.58. The van der Waals surface area contributed by atoms with Gasteiger partial charge in [0.1, 0.15) is 0 Å². The summed E-state index contributed by atoms with van der Waals surface area (Å²) in [4.78, 5) is 0. The molecule has 0 bridgehead atoms. The van der Waals surface area contributed by atoms with Crippen molar-refractivity contribution in [2.24, 2.45) is 0 Å². The molecule has 82 valence electrons. The molecule has 1 aliphatic carbocycles. The van der Waals surface area contributed by atoms with E-state index in [1.165, 1.54) is 41.5 Å². The van der Waals surface area contributed by atoms with Crippen LogP contribution in [0.4, 0.5) is 5.69 Å². The zero-order valence-electron chi connectivity index (χ0n) is 8.55. The second kappa shape index (κ2) is 4.13. The van der Waals surface area contributed by atoms with Crippen LogP contribution in [0, 0.1) is 3.57 Å². The first-order valence-corrected chi connectivity index (χ1v) is 6.42. The Kier molecular flexibility index (Phi) is 3.17. The fourth-order valence-corrected chi connectivity index (χ4v) is 3.46. The van der Waals surface area contributed by atoms with Gasteiger partial charge < -0.3 is 5.32 Å². The van der Waals surface area contributed by atoms with E-state index in [-0.39, 0.29) is 12.4 Å². The van der Waals surface area contributed by atoms with E-state index in [0.29, 0.717) is 5.41 Å². The molecule has 0 saturated heterocycles. The van der Waals surface area contributed by atoms with Gasteiger partial charge in [-0.25, -0.2) is 0 Å². The number of halogens is 2. The third-order valence-electron chi connectivity index (χ3n) is 3.73. The Hall–Kier alpha value is 0.0400. The first-order valence-electron chi connectivity index (χ1n) is 5.34. The van der Waals surface area contributed by atoms with Gasteiger partial charge in [0.15, 0.2) is 0 Å². The molecule has 3 heteroatoms. The molecule has 0 aromatic heterocycles. The number of anilines is 1. The minimum absolute atomic E-state index is 0. The lowest BCUT2D eigenvalue weighted by Gasteiger charge is -2.22. The van der Waals surface area contributed by atoms with Gasteiger partial charge in [0.05, 0.1) is 0 Å². The summed E-state index contributed by atoms with van der Waals surface area (Å²) in [6.45, 7) is 1.17. The van der Waals surface area contributed by atoms with Gasteiger partial charge in [-0.15, -0.1) is 12.4 Å². The van der Waals surface area contributed by atoms with Crippen molar-refractivity contribution >= 4 is 40.7 Å². The van der Waals surface area contributed by atoms with Gasteiger partial charge >= 0.3 is 0 Å². The summed E-state index contributed by atoms with van der Waals surface area (Å²) in [7, 11) is 0. The molecule has 0 atom stereocenters. The van der Waals surface area contributed by atoms with Crippen LogP contribution < -0.4 is 5.32 Å². The third-order valence-corrected chi connectivity index (χ3v) is 4.40. The molecule has 1 N–H and O–H groups in total. The number of nitrogens with one attached hydrogen (secondary N) is 1. The molecule has 0 amide bonds. The maximum Gasteiger partial charge on any atom is 0.0380 e. The maximum absolute atomic E-state index is 3.56. The second-order valence-corrected chi connectivity index (χ2v) is 5.78. The summed E-state index contributed by atoms with van der Waals surface area (Å²) in [5, 5.41) is 3.56. The van der Waals surface area contributed by atoms with Crippen LogP contribution in [-0.2, 0) is 5.41 Å². The Bertz CT molecular complexity index is 372. The molecular weight excluding hydrogens is 320 g/mol. The lowest BCUT2D eigenvalue weighted by atomic mass is 9.81. The van der Waals surface area contributed by atoms with E-state index in [0.717, 1.165) is 0 Å². The molecule has 15 heavy (non-hydrogen) atoms. The number of benzene rings is 1. The molecule has 0 radical (unpaired) electrons. The van der Waals surface area contributed by atoms with Crippen molar-refractivity contribution in [3.8, 4) is 0 Å². The van der Waals surface area contributed by atoms with Crippen LogP contribution in [-0.4, -0.2) is 6.54 Å². The Morgan fingerprint density at radius 2 is 1.93 bits per heavy atom. The zero-order chi connectivity index (χ0) is 9.60. The maximum atomic E-state index is 3.56. The molecule has 1 fully saturated rings. The Balaban J connectivity index is 0.000000853. The monoisotopic (exact) mass is 335 g/mol. The molecule has 0 unspecified atom stereocenters. The SMILES string of the molecule is Cl.Ic1ccc2c(c1)C1(CCCC1)CN2. The highest BCUT2D eigenvalue weighted by Gasteiger charge is 2.40. The smallest absolute Gasteiger partial charge is 0.0380 e. The van der Waals surface area contributed by atoms with Crippen molar-refractivity contribution in [1.82, 2.24) is 0 Å². The van der Waals surface area contributed by atoms with E-state index in [2.05, 4.69) is 46.1 Å². The lowest BCUT2D eigenvalue weighted by molar-refractivity contribution is 0.489. The van der Waals surface area contributed by atoms with Gasteiger partial charge in [0.2, 0.25) is 0 Å². The minimum atomic E-state index is 0. The van der Waals surface area contributed by atoms with Crippen molar-refractivity contribution in [3.05, 3.63) is 27.3 Å². The Morgan fingerprint density at radius 1 is 1.20 bits per heavy atom. The molecule has 1 nitrogen and oxygen atoms in total. The molecule has 2 aliphatic rings. The van der Waals surface area contributed by atoms with E-state index in [1.807, 2.05) is 0 Å². The second-order valence-electron chi connectivity index (χ2n) is 4.53. The van der Waals surface area contributed by atoms with Crippen molar-refractivity contribution < 1.29 is 0 Å². The average molecular weight is 336 g/mol. The molecule has 1 aromatic carbocycles. The van der Waals surface area contributed by atoms with Gasteiger partial charge in [0, 0.05) is 21.2 Å². The van der Waals surface area contributed by atoms with Crippen molar-refractivity contribution in [1.29, 1.82) is 0 Å². The van der Waals surface area contributed by atoms with Crippen LogP contribution in [0.2, 0.25) is 0 Å². The minimum Gasteiger partial charge on any atom is -0.384 e. The average Bonchev–Trinajstić information content (AvgIpc) is 2.77. The highest BCUT2D eigenvalue weighted by Crippen LogP contribution is 2.48. The van der Waals surface area contributed by atoms with Crippen LogP contribution in [0.15, 0.2) is 18.2 Å². The number of hydrogen-bond donors (Lipinski definition) is 1. The van der Waals surface area contributed by atoms with Gasteiger partial charge in [-0.1, -0.05) is 12.8 Å². The zero-order valence-corrected chi connectivity index (χ0v) is 11.5. The molecule has 3 rings (SSSR count). The Morgan fingerprint density at radius 3 is 2.67 bits per heavy atom. The van der Waals surface area contributed by atoms with Crippen LogP contribution >= 0.6 is 35.0 Å². The quantitative estimate of drug-likeness (QED) is 0.708. The fourth-order valence-electron chi connectivity index (χ4n) is 2.97. The first-order chi connectivity index (χ1) is 6.80. The molecule has 1 aromatic rings.